The van der Waals surface area contributed by atoms with Crippen molar-refractivity contribution >= 4 is 33.6 Å². The molecule has 0 radical (unpaired) electrons. The summed E-state index contributed by atoms with van der Waals surface area (Å²) < 4.78 is 32.6. The molecule has 0 atom stereocenters. The average Bonchev–Trinajstić information content (AvgIpc) is 2.72. The number of rotatable bonds is 9. The Hall–Kier alpha value is -3.40. The number of ether oxygens (including phenoxy) is 1. The van der Waals surface area contributed by atoms with Crippen LogP contribution in [-0.2, 0) is 19.6 Å². The van der Waals surface area contributed by atoms with E-state index in [0.29, 0.717) is 12.1 Å². The predicted molar refractivity (Wildman–Crippen MR) is 110 cm³/mol. The predicted octanol–water partition coefficient (Wildman–Crippen LogP) is 2.03. The lowest BCUT2D eigenvalue weighted by Crippen LogP contribution is -2.37. The summed E-state index contributed by atoms with van der Waals surface area (Å²) in [6.07, 6.45) is 1.46. The maximum atomic E-state index is 13.3. The van der Waals surface area contributed by atoms with Crippen LogP contribution in [0.5, 0.6) is 0 Å². The third-order valence-corrected chi connectivity index (χ3v) is 5.84. The summed E-state index contributed by atoms with van der Waals surface area (Å²) in [5.41, 5.74) is 5.27. The second-order valence-electron chi connectivity index (χ2n) is 6.28. The van der Waals surface area contributed by atoms with Crippen molar-refractivity contribution in [3.05, 3.63) is 60.2 Å². The number of carbonyl (C=O) groups excluding carboxylic acids is 3. The van der Waals surface area contributed by atoms with Gasteiger partial charge in [0.05, 0.1) is 16.1 Å². The van der Waals surface area contributed by atoms with Gasteiger partial charge in [0.15, 0.2) is 6.61 Å². The number of unbranched alkanes of at least 4 members (excludes halogenated alkanes) is 1. The number of amides is 3. The molecule has 160 valence electrons. The molecule has 0 aliphatic heterocycles. The average molecular weight is 433 g/mol. The number of benzene rings is 2. The van der Waals surface area contributed by atoms with Gasteiger partial charge in [0.2, 0.25) is 0 Å². The van der Waals surface area contributed by atoms with Crippen molar-refractivity contribution in [1.29, 1.82) is 0 Å². The van der Waals surface area contributed by atoms with Crippen LogP contribution in [0.3, 0.4) is 0 Å². The normalized spacial score (nSPS) is 10.8. The Morgan fingerprint density at radius 3 is 2.40 bits per heavy atom. The Morgan fingerprint density at radius 2 is 1.77 bits per heavy atom. The molecular weight excluding hydrogens is 410 g/mol. The van der Waals surface area contributed by atoms with Crippen LogP contribution >= 0.6 is 0 Å². The van der Waals surface area contributed by atoms with Crippen molar-refractivity contribution in [2.75, 3.05) is 17.5 Å². The number of esters is 1. The smallest absolute Gasteiger partial charge is 0.338 e. The van der Waals surface area contributed by atoms with Gasteiger partial charge in [0.25, 0.3) is 15.9 Å². The number of carbonyl (C=O) groups is 3. The quantitative estimate of drug-likeness (QED) is 0.581. The number of primary amides is 1. The van der Waals surface area contributed by atoms with Crippen LogP contribution < -0.4 is 15.4 Å². The van der Waals surface area contributed by atoms with E-state index in [9.17, 15) is 22.8 Å². The molecule has 2 aromatic rings. The molecule has 0 saturated carbocycles. The third-order valence-electron chi connectivity index (χ3n) is 4.01. The first-order valence-electron chi connectivity index (χ1n) is 9.20. The summed E-state index contributed by atoms with van der Waals surface area (Å²) in [5.74, 6) is -1.80. The van der Waals surface area contributed by atoms with Crippen LogP contribution in [-0.4, -0.2) is 39.5 Å². The van der Waals surface area contributed by atoms with Crippen molar-refractivity contribution < 1.29 is 27.5 Å². The molecule has 9 nitrogen and oxygen atoms in total. The Bertz CT molecular complexity index is 1010. The second kappa shape index (κ2) is 10.4. The van der Waals surface area contributed by atoms with Crippen LogP contribution in [0.1, 0.15) is 30.1 Å². The number of hydrogen-bond donors (Lipinski definition) is 2. The molecule has 0 aromatic heterocycles. The van der Waals surface area contributed by atoms with Crippen LogP contribution in [0, 0.1) is 0 Å². The van der Waals surface area contributed by atoms with E-state index < -0.39 is 34.5 Å². The first-order chi connectivity index (χ1) is 14.3. The maximum absolute atomic E-state index is 13.3. The van der Waals surface area contributed by atoms with E-state index in [1.165, 1.54) is 28.6 Å². The molecule has 0 fully saturated rings. The van der Waals surface area contributed by atoms with Crippen LogP contribution in [0.15, 0.2) is 59.5 Å². The lowest BCUT2D eigenvalue weighted by Gasteiger charge is -2.24. The molecule has 30 heavy (non-hydrogen) atoms. The number of para-hydroxylation sites is 1. The molecule has 2 rings (SSSR count). The maximum Gasteiger partial charge on any atom is 0.338 e. The highest BCUT2D eigenvalue weighted by Gasteiger charge is 2.25. The molecule has 0 saturated heterocycles. The van der Waals surface area contributed by atoms with E-state index in [4.69, 9.17) is 10.5 Å². The fraction of sp³-hybridized carbons (Fsp3) is 0.250. The summed E-state index contributed by atoms with van der Waals surface area (Å²) in [4.78, 5) is 34.1. The Balaban J connectivity index is 2.26. The Labute approximate surface area is 174 Å². The number of sulfonamides is 1. The number of urea groups is 1. The van der Waals surface area contributed by atoms with Gasteiger partial charge in [-0.1, -0.05) is 37.6 Å². The molecule has 0 spiro atoms. The minimum absolute atomic E-state index is 0.0496. The number of imide groups is 1. The van der Waals surface area contributed by atoms with Gasteiger partial charge in [-0.25, -0.2) is 18.0 Å². The minimum Gasteiger partial charge on any atom is -0.452 e. The first kappa shape index (κ1) is 22.9. The summed E-state index contributed by atoms with van der Waals surface area (Å²) in [6, 6.07) is 13.0. The van der Waals surface area contributed by atoms with Gasteiger partial charge in [-0.15, -0.1) is 0 Å². The zero-order valence-corrected chi connectivity index (χ0v) is 17.2. The molecule has 0 heterocycles. The standard InChI is InChI=1S/C20H23N3O6S/c1-2-3-12-23(16-9-5-4-6-10-16)30(27,28)17-11-7-8-15(13-17)19(25)29-14-18(24)22-20(21)26/h4-11,13H,2-3,12,14H2,1H3,(H3,21,22,24,26). The van der Waals surface area contributed by atoms with E-state index >= 15 is 0 Å². The van der Waals surface area contributed by atoms with Crippen molar-refractivity contribution in [2.24, 2.45) is 5.73 Å². The molecule has 3 N–H and O–H groups in total. The topological polar surface area (TPSA) is 136 Å². The van der Waals surface area contributed by atoms with Crippen LogP contribution in [0.4, 0.5) is 10.5 Å². The van der Waals surface area contributed by atoms with Gasteiger partial charge >= 0.3 is 12.0 Å². The van der Waals surface area contributed by atoms with Gasteiger partial charge in [-0.2, -0.15) is 0 Å². The number of nitrogens with one attached hydrogen (secondary N) is 1. The molecule has 0 unspecified atom stereocenters. The highest BCUT2D eigenvalue weighted by molar-refractivity contribution is 7.92. The van der Waals surface area contributed by atoms with Crippen molar-refractivity contribution in [3.63, 3.8) is 0 Å². The fourth-order valence-electron chi connectivity index (χ4n) is 2.58. The van der Waals surface area contributed by atoms with Gasteiger partial charge in [-0.05, 0) is 36.8 Å². The lowest BCUT2D eigenvalue weighted by atomic mass is 10.2. The Kier molecular flexibility index (Phi) is 7.93. The minimum atomic E-state index is -3.94. The molecule has 0 bridgehead atoms. The summed E-state index contributed by atoms with van der Waals surface area (Å²) >= 11 is 0. The highest BCUT2D eigenvalue weighted by atomic mass is 32.2. The molecular formula is C20H23N3O6S. The SMILES string of the molecule is CCCCN(c1ccccc1)S(=O)(=O)c1cccc(C(=O)OCC(=O)NC(N)=O)c1. The third kappa shape index (κ3) is 6.05. The molecule has 0 aliphatic carbocycles. The lowest BCUT2D eigenvalue weighted by molar-refractivity contribution is -0.123. The van der Waals surface area contributed by atoms with E-state index in [1.54, 1.807) is 35.6 Å². The molecule has 2 aromatic carbocycles. The molecule has 10 heteroatoms. The van der Waals surface area contributed by atoms with Gasteiger partial charge < -0.3 is 10.5 Å². The van der Waals surface area contributed by atoms with Crippen LogP contribution in [0.2, 0.25) is 0 Å². The number of anilines is 1. The van der Waals surface area contributed by atoms with E-state index in [1.807, 2.05) is 6.92 Å². The van der Waals surface area contributed by atoms with Crippen LogP contribution in [0.25, 0.3) is 0 Å². The largest absolute Gasteiger partial charge is 0.452 e. The van der Waals surface area contributed by atoms with Gasteiger partial charge in [0, 0.05) is 6.54 Å². The van der Waals surface area contributed by atoms with Crippen molar-refractivity contribution in [1.82, 2.24) is 5.32 Å². The van der Waals surface area contributed by atoms with E-state index in [2.05, 4.69) is 0 Å². The summed E-state index contributed by atoms with van der Waals surface area (Å²) in [5, 5.41) is 1.76. The summed E-state index contributed by atoms with van der Waals surface area (Å²) in [6.45, 7) is 1.51. The first-order valence-corrected chi connectivity index (χ1v) is 10.6. The zero-order valence-electron chi connectivity index (χ0n) is 16.4. The zero-order chi connectivity index (χ0) is 22.1. The molecule has 0 aliphatic rings. The number of nitrogens with zero attached hydrogens (tertiary/aromatic N) is 1. The summed E-state index contributed by atoms with van der Waals surface area (Å²) in [7, 11) is -3.94. The number of hydrogen-bond acceptors (Lipinski definition) is 6. The monoisotopic (exact) mass is 433 g/mol. The highest BCUT2D eigenvalue weighted by Crippen LogP contribution is 2.25. The second-order valence-corrected chi connectivity index (χ2v) is 8.14. The number of nitrogens with two attached hydrogens (primary N) is 1. The van der Waals surface area contributed by atoms with Gasteiger partial charge in [-0.3, -0.25) is 14.4 Å². The Morgan fingerprint density at radius 1 is 1.07 bits per heavy atom. The fourth-order valence-corrected chi connectivity index (χ4v) is 4.13. The van der Waals surface area contributed by atoms with Crippen molar-refractivity contribution in [2.45, 2.75) is 24.7 Å². The van der Waals surface area contributed by atoms with E-state index in [-0.39, 0.29) is 17.0 Å². The molecule has 3 amide bonds. The van der Waals surface area contributed by atoms with E-state index in [0.717, 1.165) is 6.42 Å². The van der Waals surface area contributed by atoms with Crippen molar-refractivity contribution in [3.8, 4) is 0 Å². The van der Waals surface area contributed by atoms with Gasteiger partial charge in [0.1, 0.15) is 0 Å².